The van der Waals surface area contributed by atoms with Gasteiger partial charge in [-0.3, -0.25) is 0 Å². The minimum atomic E-state index is -0.192. The summed E-state index contributed by atoms with van der Waals surface area (Å²) < 4.78 is 8.86. The van der Waals surface area contributed by atoms with Gasteiger partial charge < -0.3 is 18.8 Å². The molecule has 0 aliphatic heterocycles. The quantitative estimate of drug-likeness (QED) is 0.152. The standard InChI is InChI=1S/C71H49N3O/c1-71(2)65-27-15-13-25-59(65)60-35-32-56(45-66(60)71)73(54-31-29-46-17-9-10-18-47(46)37-54)58-39-51(38-57(43-58)72(52-21-5-3-6-22-52)55-33-36-70-64(44-55)62-26-14-16-28-69(62)75-70)50-30-34-61-63-40-48-19-11-12-20-49(48)41-68(63)74(67(61)42-50)53-23-7-4-8-24-53/h3-45H,1-2H3. The summed E-state index contributed by atoms with van der Waals surface area (Å²) in [6.07, 6.45) is 0. The first-order chi connectivity index (χ1) is 36.9. The van der Waals surface area contributed by atoms with Crippen molar-refractivity contribution < 1.29 is 4.42 Å². The lowest BCUT2D eigenvalue weighted by Gasteiger charge is -2.31. The van der Waals surface area contributed by atoms with E-state index in [1.165, 1.54) is 60.1 Å². The first kappa shape index (κ1) is 43.0. The number of benzene rings is 12. The first-order valence-electron chi connectivity index (χ1n) is 25.9. The largest absolute Gasteiger partial charge is 0.456 e. The van der Waals surface area contributed by atoms with Gasteiger partial charge in [0.25, 0.3) is 0 Å². The molecule has 75 heavy (non-hydrogen) atoms. The van der Waals surface area contributed by atoms with Crippen molar-refractivity contribution in [2.75, 3.05) is 9.80 Å². The Balaban J connectivity index is 1.01. The molecule has 0 saturated heterocycles. The maximum absolute atomic E-state index is 6.42. The van der Waals surface area contributed by atoms with E-state index in [-0.39, 0.29) is 5.41 Å². The van der Waals surface area contributed by atoms with E-state index in [1.807, 2.05) is 6.07 Å². The van der Waals surface area contributed by atoms with Crippen LogP contribution in [-0.4, -0.2) is 4.57 Å². The molecule has 1 aliphatic rings. The van der Waals surface area contributed by atoms with E-state index in [4.69, 9.17) is 4.42 Å². The predicted octanol–water partition coefficient (Wildman–Crippen LogP) is 19.9. The summed E-state index contributed by atoms with van der Waals surface area (Å²) in [4.78, 5) is 4.88. The second kappa shape index (κ2) is 16.7. The number of anilines is 6. The van der Waals surface area contributed by atoms with Gasteiger partial charge in [-0.15, -0.1) is 0 Å². The number of hydrogen-bond donors (Lipinski definition) is 0. The highest BCUT2D eigenvalue weighted by molar-refractivity contribution is 6.14. The van der Waals surface area contributed by atoms with Gasteiger partial charge in [-0.05, 0) is 164 Å². The lowest BCUT2D eigenvalue weighted by molar-refractivity contribution is 0.660. The molecular weight excluding hydrogens is 911 g/mol. The van der Waals surface area contributed by atoms with Crippen LogP contribution in [0.5, 0.6) is 0 Å². The van der Waals surface area contributed by atoms with E-state index in [2.05, 4.69) is 283 Å². The van der Waals surface area contributed by atoms with Crippen LogP contribution in [0.2, 0.25) is 0 Å². The van der Waals surface area contributed by atoms with Crippen LogP contribution in [0.3, 0.4) is 0 Å². The Bertz CT molecular complexity index is 4580. The molecule has 0 spiro atoms. The van der Waals surface area contributed by atoms with Gasteiger partial charge in [-0.1, -0.05) is 166 Å². The van der Waals surface area contributed by atoms with E-state index in [0.717, 1.165) is 78.4 Å². The summed E-state index contributed by atoms with van der Waals surface area (Å²) in [6, 6.07) is 95.7. The van der Waals surface area contributed by atoms with Gasteiger partial charge in [0.2, 0.25) is 0 Å². The van der Waals surface area contributed by atoms with Gasteiger partial charge in [0.1, 0.15) is 11.2 Å². The van der Waals surface area contributed by atoms with E-state index in [9.17, 15) is 0 Å². The molecule has 0 radical (unpaired) electrons. The Hall–Kier alpha value is -9.64. The van der Waals surface area contributed by atoms with Crippen molar-refractivity contribution in [2.24, 2.45) is 0 Å². The van der Waals surface area contributed by atoms with Crippen molar-refractivity contribution in [1.29, 1.82) is 0 Å². The van der Waals surface area contributed by atoms with Crippen molar-refractivity contribution in [3.05, 3.63) is 272 Å². The third-order valence-corrected chi connectivity index (χ3v) is 15.8. The molecule has 4 nitrogen and oxygen atoms in total. The average molecular weight is 960 g/mol. The van der Waals surface area contributed by atoms with Crippen LogP contribution in [0.25, 0.3) is 93.2 Å². The topological polar surface area (TPSA) is 24.6 Å². The van der Waals surface area contributed by atoms with Crippen molar-refractivity contribution >= 4 is 99.4 Å². The van der Waals surface area contributed by atoms with E-state index in [0.29, 0.717) is 0 Å². The zero-order valence-electron chi connectivity index (χ0n) is 41.6. The minimum Gasteiger partial charge on any atom is -0.456 e. The average Bonchev–Trinajstić information content (AvgIpc) is 4.07. The van der Waals surface area contributed by atoms with Gasteiger partial charge in [0.15, 0.2) is 0 Å². The number of aromatic nitrogens is 1. The van der Waals surface area contributed by atoms with Crippen molar-refractivity contribution in [3.63, 3.8) is 0 Å². The Morgan fingerprint density at radius 3 is 1.72 bits per heavy atom. The summed E-state index contributed by atoms with van der Waals surface area (Å²) in [7, 11) is 0. The highest BCUT2D eigenvalue weighted by atomic mass is 16.3. The number of fused-ring (bicyclic) bond motifs is 11. The zero-order chi connectivity index (χ0) is 49.8. The van der Waals surface area contributed by atoms with Crippen LogP contribution in [-0.2, 0) is 5.41 Å². The molecule has 0 saturated carbocycles. The molecule has 0 fully saturated rings. The van der Waals surface area contributed by atoms with Crippen LogP contribution >= 0.6 is 0 Å². The van der Waals surface area contributed by atoms with E-state index in [1.54, 1.807) is 0 Å². The Morgan fingerprint density at radius 2 is 0.907 bits per heavy atom. The zero-order valence-corrected chi connectivity index (χ0v) is 41.6. The number of nitrogens with zero attached hydrogens (tertiary/aromatic N) is 3. The van der Waals surface area contributed by atoms with Gasteiger partial charge in [0.05, 0.1) is 11.0 Å². The lowest BCUT2D eigenvalue weighted by Crippen LogP contribution is -2.17. The molecule has 14 aromatic rings. The van der Waals surface area contributed by atoms with E-state index < -0.39 is 0 Å². The van der Waals surface area contributed by atoms with E-state index >= 15 is 0 Å². The molecule has 4 heteroatoms. The molecule has 2 heterocycles. The molecule has 0 unspecified atom stereocenters. The minimum absolute atomic E-state index is 0.192. The summed E-state index contributed by atoms with van der Waals surface area (Å²) in [6.45, 7) is 4.73. The summed E-state index contributed by atoms with van der Waals surface area (Å²) >= 11 is 0. The number of rotatable bonds is 8. The lowest BCUT2D eigenvalue weighted by atomic mass is 9.82. The third kappa shape index (κ3) is 6.91. The molecule has 0 N–H and O–H groups in total. The molecule has 12 aromatic carbocycles. The highest BCUT2D eigenvalue weighted by Crippen LogP contribution is 2.52. The van der Waals surface area contributed by atoms with Gasteiger partial charge in [-0.25, -0.2) is 0 Å². The normalized spacial score (nSPS) is 12.8. The Morgan fingerprint density at radius 1 is 0.320 bits per heavy atom. The Kier molecular flexibility index (Phi) is 9.58. The maximum Gasteiger partial charge on any atom is 0.135 e. The SMILES string of the molecule is CC1(C)c2ccccc2-c2ccc(N(c3cc(-c4ccc5c6cc7ccccc7cc6n(-c6ccccc6)c5c4)cc(N(c4ccccc4)c4ccc5oc6ccccc6c5c4)c3)c3ccc4ccccc4c3)cc21. The fourth-order valence-corrected chi connectivity index (χ4v) is 12.2. The Labute approximate surface area is 435 Å². The van der Waals surface area contributed by atoms with Crippen molar-refractivity contribution in [2.45, 2.75) is 19.3 Å². The monoisotopic (exact) mass is 959 g/mol. The van der Waals surface area contributed by atoms with Crippen LogP contribution in [0, 0.1) is 0 Å². The predicted molar refractivity (Wildman–Crippen MR) is 315 cm³/mol. The summed E-state index contributed by atoms with van der Waals surface area (Å²) in [5, 5.41) is 9.45. The van der Waals surface area contributed by atoms with Crippen LogP contribution < -0.4 is 9.80 Å². The van der Waals surface area contributed by atoms with Gasteiger partial charge in [-0.2, -0.15) is 0 Å². The number of para-hydroxylation sites is 3. The van der Waals surface area contributed by atoms with Crippen LogP contribution in [0.4, 0.5) is 34.1 Å². The van der Waals surface area contributed by atoms with Crippen LogP contribution in [0.1, 0.15) is 25.0 Å². The molecule has 0 bridgehead atoms. The van der Waals surface area contributed by atoms with Crippen molar-refractivity contribution in [3.8, 4) is 27.9 Å². The first-order valence-corrected chi connectivity index (χ1v) is 25.9. The second-order valence-electron chi connectivity index (χ2n) is 20.6. The maximum atomic E-state index is 6.42. The molecular formula is C71H49N3O. The second-order valence-corrected chi connectivity index (χ2v) is 20.6. The molecule has 0 atom stereocenters. The molecule has 15 rings (SSSR count). The number of hydrogen-bond acceptors (Lipinski definition) is 3. The fourth-order valence-electron chi connectivity index (χ4n) is 12.2. The molecule has 2 aromatic heterocycles. The number of furan rings is 1. The summed E-state index contributed by atoms with van der Waals surface area (Å²) in [5.74, 6) is 0. The molecule has 1 aliphatic carbocycles. The molecule has 354 valence electrons. The van der Waals surface area contributed by atoms with Crippen LogP contribution in [0.15, 0.2) is 265 Å². The fraction of sp³-hybridized carbons (Fsp3) is 0.0423. The summed E-state index contributed by atoms with van der Waals surface area (Å²) in [5.41, 5.74) is 18.8. The van der Waals surface area contributed by atoms with Crippen molar-refractivity contribution in [1.82, 2.24) is 4.57 Å². The van der Waals surface area contributed by atoms with Gasteiger partial charge in [0, 0.05) is 66.8 Å². The highest BCUT2D eigenvalue weighted by Gasteiger charge is 2.36. The third-order valence-electron chi connectivity index (χ3n) is 15.8. The molecule has 0 amide bonds. The van der Waals surface area contributed by atoms with Gasteiger partial charge >= 0.3 is 0 Å². The smallest absolute Gasteiger partial charge is 0.135 e.